The van der Waals surface area contributed by atoms with Crippen molar-refractivity contribution >= 4 is 40.8 Å². The molecule has 0 aliphatic heterocycles. The van der Waals surface area contributed by atoms with Crippen LogP contribution in [0.3, 0.4) is 0 Å². The van der Waals surface area contributed by atoms with Crippen LogP contribution >= 0.6 is 23.1 Å². The van der Waals surface area contributed by atoms with Gasteiger partial charge in [-0.25, -0.2) is 0 Å². The summed E-state index contributed by atoms with van der Waals surface area (Å²) in [6.45, 7) is 0. The smallest absolute Gasteiger partial charge is 0.248 e. The van der Waals surface area contributed by atoms with Crippen LogP contribution in [0.5, 0.6) is 17.2 Å². The highest BCUT2D eigenvalue weighted by Crippen LogP contribution is 2.38. The van der Waals surface area contributed by atoms with Crippen molar-refractivity contribution in [2.24, 2.45) is 0 Å². The van der Waals surface area contributed by atoms with Crippen molar-refractivity contribution in [3.05, 3.63) is 70.4 Å². The molecule has 2 aromatic carbocycles. The lowest BCUT2D eigenvalue weighted by Crippen LogP contribution is -2.08. The van der Waals surface area contributed by atoms with Gasteiger partial charge in [-0.3, -0.25) is 4.79 Å². The average Bonchev–Trinajstić information content (AvgIpc) is 3.30. The zero-order valence-corrected chi connectivity index (χ0v) is 18.6. The number of para-hydroxylation sites is 1. The summed E-state index contributed by atoms with van der Waals surface area (Å²) in [5.74, 6) is 2.22. The van der Waals surface area contributed by atoms with E-state index in [9.17, 15) is 4.79 Å². The second-order valence-corrected chi connectivity index (χ2v) is 7.99. The molecule has 1 N–H and O–H groups in total. The minimum atomic E-state index is -0.215. The van der Waals surface area contributed by atoms with Gasteiger partial charge in [0.25, 0.3) is 0 Å². The molecule has 7 heteroatoms. The lowest BCUT2D eigenvalue weighted by Gasteiger charge is -2.13. The number of ether oxygens (including phenoxy) is 3. The molecule has 0 aliphatic rings. The number of thioether (sulfide) groups is 1. The third-order valence-corrected chi connectivity index (χ3v) is 6.11. The molecule has 0 bridgehead atoms. The molecule has 0 saturated heterocycles. The van der Waals surface area contributed by atoms with E-state index < -0.39 is 0 Å². The number of rotatable bonds is 9. The highest BCUT2D eigenvalue weighted by molar-refractivity contribution is 7.98. The largest absolute Gasteiger partial charge is 0.493 e. The van der Waals surface area contributed by atoms with Crippen LogP contribution in [0.4, 0.5) is 5.69 Å². The predicted octanol–water partition coefficient (Wildman–Crippen LogP) is 5.72. The molecule has 5 nitrogen and oxygen atoms in total. The lowest BCUT2D eigenvalue weighted by atomic mass is 10.1. The maximum atomic E-state index is 12.5. The van der Waals surface area contributed by atoms with E-state index in [4.69, 9.17) is 14.2 Å². The molecule has 0 fully saturated rings. The summed E-state index contributed by atoms with van der Waals surface area (Å²) >= 11 is 3.38. The first-order valence-electron chi connectivity index (χ1n) is 9.16. The van der Waals surface area contributed by atoms with Gasteiger partial charge in [-0.05, 0) is 58.3 Å². The Morgan fingerprint density at radius 2 is 1.80 bits per heavy atom. The number of amides is 1. The molecule has 1 amide bonds. The SMILES string of the molecule is COc1cc(/C=C/C(=O)Nc2ccccc2SCc2ccsc2)cc(OC)c1OC. The summed E-state index contributed by atoms with van der Waals surface area (Å²) in [5.41, 5.74) is 2.82. The molecule has 0 unspecified atom stereocenters. The zero-order chi connectivity index (χ0) is 21.3. The molecule has 30 heavy (non-hydrogen) atoms. The van der Waals surface area contributed by atoms with Crippen LogP contribution in [0, 0.1) is 0 Å². The third-order valence-electron chi connectivity index (χ3n) is 4.23. The van der Waals surface area contributed by atoms with Gasteiger partial charge in [0.05, 0.1) is 27.0 Å². The summed E-state index contributed by atoms with van der Waals surface area (Å²) in [5, 5.41) is 7.16. The minimum Gasteiger partial charge on any atom is -0.493 e. The summed E-state index contributed by atoms with van der Waals surface area (Å²) in [6.07, 6.45) is 3.20. The van der Waals surface area contributed by atoms with Gasteiger partial charge < -0.3 is 19.5 Å². The van der Waals surface area contributed by atoms with E-state index in [1.165, 1.54) is 11.6 Å². The number of methoxy groups -OCH3 is 3. The molecule has 156 valence electrons. The van der Waals surface area contributed by atoms with Gasteiger partial charge in [0, 0.05) is 16.7 Å². The number of thiophene rings is 1. The summed E-state index contributed by atoms with van der Waals surface area (Å²) in [7, 11) is 4.67. The highest BCUT2D eigenvalue weighted by Gasteiger charge is 2.12. The number of carbonyl (C=O) groups excluding carboxylic acids is 1. The number of hydrogen-bond donors (Lipinski definition) is 1. The Balaban J connectivity index is 1.71. The van der Waals surface area contributed by atoms with E-state index in [0.29, 0.717) is 17.2 Å². The first-order chi connectivity index (χ1) is 14.6. The molecule has 0 spiro atoms. The van der Waals surface area contributed by atoms with Gasteiger partial charge in [-0.2, -0.15) is 11.3 Å². The third kappa shape index (κ3) is 5.58. The minimum absolute atomic E-state index is 0.215. The second kappa shape index (κ2) is 10.8. The van der Waals surface area contributed by atoms with E-state index in [0.717, 1.165) is 21.9 Å². The van der Waals surface area contributed by atoms with Gasteiger partial charge >= 0.3 is 0 Å². The number of hydrogen-bond acceptors (Lipinski definition) is 6. The van der Waals surface area contributed by atoms with Crippen LogP contribution in [-0.2, 0) is 10.5 Å². The second-order valence-electron chi connectivity index (χ2n) is 6.20. The van der Waals surface area contributed by atoms with Crippen molar-refractivity contribution in [3.63, 3.8) is 0 Å². The fourth-order valence-electron chi connectivity index (χ4n) is 2.78. The molecule has 3 rings (SSSR count). The van der Waals surface area contributed by atoms with Gasteiger partial charge in [0.15, 0.2) is 11.5 Å². The van der Waals surface area contributed by atoms with Crippen molar-refractivity contribution in [2.45, 2.75) is 10.6 Å². The molecule has 0 aliphatic carbocycles. The monoisotopic (exact) mass is 441 g/mol. The van der Waals surface area contributed by atoms with Crippen molar-refractivity contribution < 1.29 is 19.0 Å². The Labute approximate surface area is 184 Å². The number of anilines is 1. The number of carbonyl (C=O) groups is 1. The van der Waals surface area contributed by atoms with E-state index in [-0.39, 0.29) is 5.91 Å². The van der Waals surface area contributed by atoms with Crippen molar-refractivity contribution in [1.29, 1.82) is 0 Å². The fraction of sp³-hybridized carbons (Fsp3) is 0.174. The molecule has 1 heterocycles. The van der Waals surface area contributed by atoms with Crippen LogP contribution in [-0.4, -0.2) is 27.2 Å². The number of benzene rings is 2. The molecule has 0 saturated carbocycles. The molecular formula is C23H23NO4S2. The van der Waals surface area contributed by atoms with Gasteiger partial charge in [0.1, 0.15) is 0 Å². The highest BCUT2D eigenvalue weighted by atomic mass is 32.2. The van der Waals surface area contributed by atoms with Gasteiger partial charge in [0.2, 0.25) is 11.7 Å². The van der Waals surface area contributed by atoms with Crippen LogP contribution < -0.4 is 19.5 Å². The van der Waals surface area contributed by atoms with Crippen molar-refractivity contribution in [2.75, 3.05) is 26.6 Å². The Hall–Kier alpha value is -2.90. The maximum absolute atomic E-state index is 12.5. The van der Waals surface area contributed by atoms with E-state index >= 15 is 0 Å². The Bertz CT molecular complexity index is 991. The summed E-state index contributed by atoms with van der Waals surface area (Å²) in [4.78, 5) is 13.5. The van der Waals surface area contributed by atoms with Crippen LogP contribution in [0.25, 0.3) is 6.08 Å². The van der Waals surface area contributed by atoms with Crippen molar-refractivity contribution in [1.82, 2.24) is 0 Å². The lowest BCUT2D eigenvalue weighted by molar-refractivity contribution is -0.111. The Morgan fingerprint density at radius 3 is 2.43 bits per heavy atom. The van der Waals surface area contributed by atoms with E-state index in [1.807, 2.05) is 24.3 Å². The first kappa shape index (κ1) is 21.8. The topological polar surface area (TPSA) is 56.8 Å². The quantitative estimate of drug-likeness (QED) is 0.340. The van der Waals surface area contributed by atoms with Crippen molar-refractivity contribution in [3.8, 4) is 17.2 Å². The van der Waals surface area contributed by atoms with Crippen LogP contribution in [0.2, 0.25) is 0 Å². The maximum Gasteiger partial charge on any atom is 0.248 e. The normalized spacial score (nSPS) is 10.8. The van der Waals surface area contributed by atoms with Gasteiger partial charge in [-0.15, -0.1) is 11.8 Å². The Kier molecular flexibility index (Phi) is 7.82. The summed E-state index contributed by atoms with van der Waals surface area (Å²) in [6, 6.07) is 13.5. The standard InChI is InChI=1S/C23H23NO4S2/c1-26-19-12-16(13-20(27-2)23(19)28-3)8-9-22(25)24-18-6-4-5-7-21(18)30-15-17-10-11-29-14-17/h4-14H,15H2,1-3H3,(H,24,25)/b9-8+. The molecule has 1 aromatic heterocycles. The van der Waals surface area contributed by atoms with Crippen LogP contribution in [0.15, 0.2) is 64.2 Å². The average molecular weight is 442 g/mol. The first-order valence-corrected chi connectivity index (χ1v) is 11.1. The zero-order valence-electron chi connectivity index (χ0n) is 17.0. The molecule has 3 aromatic rings. The fourth-order valence-corrected chi connectivity index (χ4v) is 4.50. The molecular weight excluding hydrogens is 418 g/mol. The number of nitrogens with one attached hydrogen (secondary N) is 1. The van der Waals surface area contributed by atoms with E-state index in [1.54, 1.807) is 62.6 Å². The van der Waals surface area contributed by atoms with Gasteiger partial charge in [-0.1, -0.05) is 12.1 Å². The molecule has 0 radical (unpaired) electrons. The summed E-state index contributed by atoms with van der Waals surface area (Å²) < 4.78 is 16.0. The predicted molar refractivity (Wildman–Crippen MR) is 124 cm³/mol. The van der Waals surface area contributed by atoms with E-state index in [2.05, 4.69) is 22.1 Å². The van der Waals surface area contributed by atoms with Crippen LogP contribution in [0.1, 0.15) is 11.1 Å². The Morgan fingerprint density at radius 1 is 1.07 bits per heavy atom. The molecule has 0 atom stereocenters.